The van der Waals surface area contributed by atoms with Crippen LogP contribution >= 0.6 is 0 Å². The lowest BCUT2D eigenvalue weighted by atomic mass is 10.1. The molecule has 6 nitrogen and oxygen atoms in total. The van der Waals surface area contributed by atoms with Gasteiger partial charge in [0.1, 0.15) is 6.61 Å². The predicted molar refractivity (Wildman–Crippen MR) is 110 cm³/mol. The first kappa shape index (κ1) is 19.2. The summed E-state index contributed by atoms with van der Waals surface area (Å²) in [7, 11) is 1.63. The van der Waals surface area contributed by atoms with Crippen molar-refractivity contribution in [1.29, 1.82) is 0 Å². The number of aromatic nitrogens is 1. The maximum absolute atomic E-state index is 12.9. The van der Waals surface area contributed by atoms with Gasteiger partial charge in [0.15, 0.2) is 5.75 Å². The fourth-order valence-electron chi connectivity index (χ4n) is 2.75. The van der Waals surface area contributed by atoms with Crippen LogP contribution in [0, 0.1) is 0 Å². The Balaban J connectivity index is 2.16. The molecule has 0 amide bonds. The second-order valence-electron chi connectivity index (χ2n) is 6.65. The molecule has 0 saturated heterocycles. The molecular formula is C22H22N2O4. The van der Waals surface area contributed by atoms with Crippen molar-refractivity contribution in [1.82, 2.24) is 4.57 Å². The molecule has 0 saturated carbocycles. The number of anilines is 1. The highest BCUT2D eigenvalue weighted by Crippen LogP contribution is 2.34. The maximum Gasteiger partial charge on any atom is 0.343 e. The Morgan fingerprint density at radius 2 is 1.82 bits per heavy atom. The van der Waals surface area contributed by atoms with E-state index in [4.69, 9.17) is 15.2 Å². The minimum absolute atomic E-state index is 0.0125. The molecule has 0 spiro atoms. The van der Waals surface area contributed by atoms with E-state index in [1.165, 1.54) is 4.57 Å². The van der Waals surface area contributed by atoms with Gasteiger partial charge >= 0.3 is 5.97 Å². The zero-order chi connectivity index (χ0) is 20.3. The molecule has 2 N–H and O–H groups in total. The highest BCUT2D eigenvalue weighted by Gasteiger charge is 2.21. The monoisotopic (exact) mass is 378 g/mol. The van der Waals surface area contributed by atoms with Crippen molar-refractivity contribution in [3.05, 3.63) is 76.1 Å². The van der Waals surface area contributed by atoms with Crippen LogP contribution in [-0.2, 0) is 7.05 Å². The molecule has 28 heavy (non-hydrogen) atoms. The van der Waals surface area contributed by atoms with Crippen molar-refractivity contribution in [2.24, 2.45) is 7.05 Å². The fraction of sp³-hybridized carbons (Fsp3) is 0.182. The van der Waals surface area contributed by atoms with E-state index < -0.39 is 11.5 Å². The number of fused-ring (bicyclic) bond motifs is 1. The number of carbonyl (C=O) groups is 1. The normalized spacial score (nSPS) is 10.5. The molecule has 6 heteroatoms. The first-order valence-corrected chi connectivity index (χ1v) is 8.84. The first-order chi connectivity index (χ1) is 13.4. The Morgan fingerprint density at radius 1 is 1.11 bits per heavy atom. The van der Waals surface area contributed by atoms with Crippen molar-refractivity contribution in [3.63, 3.8) is 0 Å². The number of nitrogens with two attached hydrogens (primary N) is 1. The van der Waals surface area contributed by atoms with Crippen LogP contribution in [0.5, 0.6) is 11.5 Å². The largest absolute Gasteiger partial charge is 0.481 e. The van der Waals surface area contributed by atoms with E-state index in [9.17, 15) is 9.59 Å². The molecule has 0 radical (unpaired) electrons. The molecule has 0 fully saturated rings. The number of esters is 1. The number of carbonyl (C=O) groups excluding carboxylic acids is 1. The molecule has 0 unspecified atom stereocenters. The third-order valence-electron chi connectivity index (χ3n) is 4.26. The summed E-state index contributed by atoms with van der Waals surface area (Å²) < 4.78 is 12.8. The highest BCUT2D eigenvalue weighted by molar-refractivity contribution is 5.96. The summed E-state index contributed by atoms with van der Waals surface area (Å²) in [4.78, 5) is 25.5. The minimum atomic E-state index is -0.570. The SMILES string of the molecule is CC(C)=CCOc1c(OC(=O)c2ccccc2)c2ccc(N)cc2n(C)c1=O. The number of allylic oxidation sites excluding steroid dienone is 1. The Bertz CT molecular complexity index is 1110. The van der Waals surface area contributed by atoms with E-state index >= 15 is 0 Å². The minimum Gasteiger partial charge on any atom is -0.481 e. The van der Waals surface area contributed by atoms with Crippen LogP contribution in [-0.4, -0.2) is 17.1 Å². The quantitative estimate of drug-likeness (QED) is 0.416. The van der Waals surface area contributed by atoms with E-state index in [0.29, 0.717) is 22.2 Å². The number of nitrogen functional groups attached to an aromatic ring is 1. The lowest BCUT2D eigenvalue weighted by molar-refractivity contribution is 0.0731. The number of rotatable bonds is 5. The second-order valence-corrected chi connectivity index (χ2v) is 6.65. The molecule has 0 aliphatic carbocycles. The van der Waals surface area contributed by atoms with E-state index in [1.54, 1.807) is 55.6 Å². The lowest BCUT2D eigenvalue weighted by Gasteiger charge is -2.16. The number of benzene rings is 2. The van der Waals surface area contributed by atoms with E-state index in [2.05, 4.69) is 0 Å². The number of nitrogens with zero attached hydrogens (tertiary/aromatic N) is 1. The van der Waals surface area contributed by atoms with Crippen LogP contribution in [0.25, 0.3) is 10.9 Å². The molecule has 0 aliphatic rings. The molecule has 0 bridgehead atoms. The molecular weight excluding hydrogens is 356 g/mol. The molecule has 3 rings (SSSR count). The molecule has 0 aliphatic heterocycles. The predicted octanol–water partition coefficient (Wildman–Crippen LogP) is 3.68. The Hall–Kier alpha value is -3.54. The van der Waals surface area contributed by atoms with Gasteiger partial charge in [-0.15, -0.1) is 0 Å². The maximum atomic E-state index is 12.9. The Labute approximate surface area is 162 Å². The summed E-state index contributed by atoms with van der Waals surface area (Å²) in [6.07, 6.45) is 1.84. The highest BCUT2D eigenvalue weighted by atomic mass is 16.6. The number of pyridine rings is 1. The van der Waals surface area contributed by atoms with Gasteiger partial charge in [-0.3, -0.25) is 4.79 Å². The fourth-order valence-corrected chi connectivity index (χ4v) is 2.75. The molecule has 1 aromatic heterocycles. The standard InChI is InChI=1S/C22H22N2O4/c1-14(2)11-12-27-20-19(28-22(26)15-7-5-4-6-8-15)17-10-9-16(23)13-18(17)24(3)21(20)25/h4-11,13H,12,23H2,1-3H3. The lowest BCUT2D eigenvalue weighted by Crippen LogP contribution is -2.22. The van der Waals surface area contributed by atoms with Crippen molar-refractivity contribution in [3.8, 4) is 11.5 Å². The van der Waals surface area contributed by atoms with Gasteiger partial charge in [-0.05, 0) is 50.3 Å². The van der Waals surface area contributed by atoms with Crippen LogP contribution in [0.1, 0.15) is 24.2 Å². The zero-order valence-corrected chi connectivity index (χ0v) is 16.1. The summed E-state index contributed by atoms with van der Waals surface area (Å²) in [5.74, 6) is -0.491. The van der Waals surface area contributed by atoms with Crippen LogP contribution in [0.2, 0.25) is 0 Å². The molecule has 1 heterocycles. The van der Waals surface area contributed by atoms with E-state index in [-0.39, 0.29) is 18.1 Å². The third kappa shape index (κ3) is 3.91. The summed E-state index contributed by atoms with van der Waals surface area (Å²) in [5, 5.41) is 0.563. The summed E-state index contributed by atoms with van der Waals surface area (Å²) >= 11 is 0. The number of aryl methyl sites for hydroxylation is 1. The Morgan fingerprint density at radius 3 is 2.50 bits per heavy atom. The Kier molecular flexibility index (Phi) is 5.49. The average Bonchev–Trinajstić information content (AvgIpc) is 2.68. The van der Waals surface area contributed by atoms with Crippen molar-refractivity contribution in [2.75, 3.05) is 12.3 Å². The van der Waals surface area contributed by atoms with Crippen molar-refractivity contribution < 1.29 is 14.3 Å². The third-order valence-corrected chi connectivity index (χ3v) is 4.26. The van der Waals surface area contributed by atoms with Gasteiger partial charge in [0.2, 0.25) is 5.75 Å². The molecule has 0 atom stereocenters. The zero-order valence-electron chi connectivity index (χ0n) is 16.1. The van der Waals surface area contributed by atoms with Crippen LogP contribution in [0.3, 0.4) is 0 Å². The van der Waals surface area contributed by atoms with Crippen molar-refractivity contribution in [2.45, 2.75) is 13.8 Å². The molecule has 3 aromatic rings. The smallest absolute Gasteiger partial charge is 0.343 e. The van der Waals surface area contributed by atoms with E-state index in [0.717, 1.165) is 5.57 Å². The van der Waals surface area contributed by atoms with Gasteiger partial charge in [-0.2, -0.15) is 0 Å². The molecule has 144 valence electrons. The average molecular weight is 378 g/mol. The summed E-state index contributed by atoms with van der Waals surface area (Å²) in [5.41, 5.74) is 7.95. The first-order valence-electron chi connectivity index (χ1n) is 8.84. The van der Waals surface area contributed by atoms with E-state index in [1.807, 2.05) is 19.9 Å². The number of hydrogen-bond donors (Lipinski definition) is 1. The van der Waals surface area contributed by atoms with Gasteiger partial charge < -0.3 is 19.8 Å². The second kappa shape index (κ2) is 8.00. The van der Waals surface area contributed by atoms with Crippen LogP contribution in [0.15, 0.2) is 65.0 Å². The summed E-state index contributed by atoms with van der Waals surface area (Å²) in [6, 6.07) is 13.6. The van der Waals surface area contributed by atoms with Gasteiger partial charge in [-0.1, -0.05) is 23.8 Å². The van der Waals surface area contributed by atoms with Crippen LogP contribution in [0.4, 0.5) is 5.69 Å². The number of hydrogen-bond acceptors (Lipinski definition) is 5. The van der Waals surface area contributed by atoms with Gasteiger partial charge in [-0.25, -0.2) is 4.79 Å². The van der Waals surface area contributed by atoms with Crippen LogP contribution < -0.4 is 20.8 Å². The van der Waals surface area contributed by atoms with Gasteiger partial charge in [0.05, 0.1) is 11.1 Å². The van der Waals surface area contributed by atoms with Crippen molar-refractivity contribution >= 4 is 22.6 Å². The summed E-state index contributed by atoms with van der Waals surface area (Å²) in [6.45, 7) is 4.05. The van der Waals surface area contributed by atoms with Gasteiger partial charge in [0, 0.05) is 18.1 Å². The molecule has 2 aromatic carbocycles. The van der Waals surface area contributed by atoms with Gasteiger partial charge in [0.25, 0.3) is 5.56 Å². The number of ether oxygens (including phenoxy) is 2. The topological polar surface area (TPSA) is 83.5 Å².